The Morgan fingerprint density at radius 1 is 1.43 bits per heavy atom. The molecule has 2 nitrogen and oxygen atoms in total. The van der Waals surface area contributed by atoms with Crippen LogP contribution in [0.15, 0.2) is 30.3 Å². The van der Waals surface area contributed by atoms with Gasteiger partial charge in [0.15, 0.2) is 0 Å². The molecule has 0 spiro atoms. The van der Waals surface area contributed by atoms with Crippen LogP contribution in [0.25, 0.3) is 6.08 Å². The molecular formula is C11H12ClNO. The molecule has 0 aliphatic heterocycles. The third-order valence-electron chi connectivity index (χ3n) is 1.65. The summed E-state index contributed by atoms with van der Waals surface area (Å²) < 4.78 is 0. The lowest BCUT2D eigenvalue weighted by atomic mass is 10.2. The number of nitrogens with one attached hydrogen (secondary N) is 1. The van der Waals surface area contributed by atoms with Crippen LogP contribution in [0.1, 0.15) is 12.5 Å². The summed E-state index contributed by atoms with van der Waals surface area (Å²) in [6.07, 6.45) is 3.26. The smallest absolute Gasteiger partial charge is 0.243 e. The van der Waals surface area contributed by atoms with E-state index in [1.807, 2.05) is 19.1 Å². The Morgan fingerprint density at radius 2 is 2.07 bits per heavy atom. The largest absolute Gasteiger partial charge is 0.353 e. The van der Waals surface area contributed by atoms with E-state index in [4.69, 9.17) is 11.6 Å². The summed E-state index contributed by atoms with van der Waals surface area (Å²) in [5.41, 5.74) is 0.959. The number of amides is 1. The number of carbonyl (C=O) groups is 1. The maximum atomic E-state index is 11.1. The van der Waals surface area contributed by atoms with Gasteiger partial charge < -0.3 is 5.32 Å². The standard InChI is InChI=1S/C11H12ClNO/c1-2-13-11(14)8-5-9-3-6-10(12)7-4-9/h3-8H,2H2,1H3,(H,13,14)/b8-5+. The number of likely N-dealkylation sites (N-methyl/N-ethyl adjacent to an activating group) is 1. The van der Waals surface area contributed by atoms with Crippen LogP contribution in [-0.4, -0.2) is 12.5 Å². The van der Waals surface area contributed by atoms with E-state index in [0.717, 1.165) is 5.56 Å². The second kappa shape index (κ2) is 5.45. The molecule has 0 saturated carbocycles. The molecule has 1 aromatic rings. The van der Waals surface area contributed by atoms with Gasteiger partial charge in [-0.3, -0.25) is 4.79 Å². The van der Waals surface area contributed by atoms with Crippen molar-refractivity contribution in [2.45, 2.75) is 6.92 Å². The molecule has 0 heterocycles. The van der Waals surface area contributed by atoms with Crippen molar-refractivity contribution in [2.24, 2.45) is 0 Å². The first kappa shape index (κ1) is 10.8. The van der Waals surface area contributed by atoms with E-state index in [2.05, 4.69) is 5.32 Å². The van der Waals surface area contributed by atoms with Crippen molar-refractivity contribution in [3.05, 3.63) is 40.9 Å². The van der Waals surface area contributed by atoms with Crippen LogP contribution in [0.4, 0.5) is 0 Å². The van der Waals surface area contributed by atoms with Gasteiger partial charge in [-0.25, -0.2) is 0 Å². The minimum absolute atomic E-state index is 0.0811. The fourth-order valence-electron chi connectivity index (χ4n) is 0.979. The predicted molar refractivity (Wildman–Crippen MR) is 59.2 cm³/mol. The summed E-state index contributed by atoms with van der Waals surface area (Å²) in [6.45, 7) is 2.53. The first-order chi connectivity index (χ1) is 6.72. The Hall–Kier alpha value is -1.28. The number of hydrogen-bond acceptors (Lipinski definition) is 1. The second-order valence-electron chi connectivity index (χ2n) is 2.78. The van der Waals surface area contributed by atoms with Crippen LogP contribution in [0.3, 0.4) is 0 Å². The van der Waals surface area contributed by atoms with Crippen LogP contribution in [0.5, 0.6) is 0 Å². The van der Waals surface area contributed by atoms with Crippen molar-refractivity contribution in [3.63, 3.8) is 0 Å². The molecule has 0 aromatic heterocycles. The molecule has 1 rings (SSSR count). The van der Waals surface area contributed by atoms with Gasteiger partial charge in [-0.1, -0.05) is 23.7 Å². The molecule has 74 valence electrons. The van der Waals surface area contributed by atoms with E-state index < -0.39 is 0 Å². The third-order valence-corrected chi connectivity index (χ3v) is 1.90. The van der Waals surface area contributed by atoms with E-state index in [-0.39, 0.29) is 5.91 Å². The Morgan fingerprint density at radius 3 is 2.64 bits per heavy atom. The fraction of sp³-hybridized carbons (Fsp3) is 0.182. The summed E-state index contributed by atoms with van der Waals surface area (Å²) >= 11 is 5.72. The van der Waals surface area contributed by atoms with Crippen molar-refractivity contribution in [1.82, 2.24) is 5.32 Å². The van der Waals surface area contributed by atoms with Crippen LogP contribution in [0, 0.1) is 0 Å². The van der Waals surface area contributed by atoms with Gasteiger partial charge in [-0.15, -0.1) is 0 Å². The number of rotatable bonds is 3. The minimum atomic E-state index is -0.0811. The lowest BCUT2D eigenvalue weighted by molar-refractivity contribution is -0.116. The lowest BCUT2D eigenvalue weighted by Gasteiger charge is -1.95. The number of halogens is 1. The van der Waals surface area contributed by atoms with Crippen molar-refractivity contribution >= 4 is 23.6 Å². The Labute approximate surface area is 88.6 Å². The van der Waals surface area contributed by atoms with Crippen molar-refractivity contribution in [1.29, 1.82) is 0 Å². The van der Waals surface area contributed by atoms with Crippen LogP contribution in [0.2, 0.25) is 5.02 Å². The van der Waals surface area contributed by atoms with Crippen molar-refractivity contribution in [3.8, 4) is 0 Å². The molecule has 0 unspecified atom stereocenters. The zero-order valence-electron chi connectivity index (χ0n) is 7.96. The number of carbonyl (C=O) groups excluding carboxylic acids is 1. The summed E-state index contributed by atoms with van der Waals surface area (Å²) in [5.74, 6) is -0.0811. The highest BCUT2D eigenvalue weighted by atomic mass is 35.5. The molecule has 0 bridgehead atoms. The quantitative estimate of drug-likeness (QED) is 0.762. The zero-order valence-corrected chi connectivity index (χ0v) is 8.71. The molecule has 0 aliphatic rings. The van der Waals surface area contributed by atoms with Gasteiger partial charge in [0, 0.05) is 17.6 Å². The molecule has 1 N–H and O–H groups in total. The van der Waals surface area contributed by atoms with Gasteiger partial charge in [0.05, 0.1) is 0 Å². The molecule has 0 saturated heterocycles. The molecule has 3 heteroatoms. The lowest BCUT2D eigenvalue weighted by Crippen LogP contribution is -2.19. The number of hydrogen-bond donors (Lipinski definition) is 1. The second-order valence-corrected chi connectivity index (χ2v) is 3.22. The Bertz CT molecular complexity index is 330. The van der Waals surface area contributed by atoms with E-state index in [0.29, 0.717) is 11.6 Å². The maximum Gasteiger partial charge on any atom is 0.243 e. The van der Waals surface area contributed by atoms with Crippen LogP contribution >= 0.6 is 11.6 Å². The SMILES string of the molecule is CCNC(=O)/C=C/c1ccc(Cl)cc1. The van der Waals surface area contributed by atoms with Gasteiger partial charge in [0.25, 0.3) is 0 Å². The van der Waals surface area contributed by atoms with Crippen LogP contribution < -0.4 is 5.32 Å². The fourth-order valence-corrected chi connectivity index (χ4v) is 1.10. The molecular weight excluding hydrogens is 198 g/mol. The van der Waals surface area contributed by atoms with Gasteiger partial charge in [-0.2, -0.15) is 0 Å². The average Bonchev–Trinajstić information content (AvgIpc) is 2.17. The average molecular weight is 210 g/mol. The Kier molecular flexibility index (Phi) is 4.20. The highest BCUT2D eigenvalue weighted by Crippen LogP contribution is 2.10. The van der Waals surface area contributed by atoms with E-state index in [1.54, 1.807) is 18.2 Å². The minimum Gasteiger partial charge on any atom is -0.353 e. The molecule has 0 fully saturated rings. The van der Waals surface area contributed by atoms with E-state index in [1.165, 1.54) is 6.08 Å². The third kappa shape index (κ3) is 3.62. The summed E-state index contributed by atoms with van der Waals surface area (Å²) in [5, 5.41) is 3.37. The zero-order chi connectivity index (χ0) is 10.4. The monoisotopic (exact) mass is 209 g/mol. The van der Waals surface area contributed by atoms with Crippen molar-refractivity contribution in [2.75, 3.05) is 6.54 Å². The Balaban J connectivity index is 2.60. The molecule has 1 aromatic carbocycles. The molecule has 0 aliphatic carbocycles. The number of benzene rings is 1. The van der Waals surface area contributed by atoms with E-state index in [9.17, 15) is 4.79 Å². The van der Waals surface area contributed by atoms with Gasteiger partial charge in [0.1, 0.15) is 0 Å². The van der Waals surface area contributed by atoms with Gasteiger partial charge in [0.2, 0.25) is 5.91 Å². The molecule has 0 radical (unpaired) electrons. The first-order valence-corrected chi connectivity index (χ1v) is 4.81. The van der Waals surface area contributed by atoms with Crippen molar-refractivity contribution < 1.29 is 4.79 Å². The summed E-state index contributed by atoms with van der Waals surface area (Å²) in [6, 6.07) is 7.30. The molecule has 14 heavy (non-hydrogen) atoms. The first-order valence-electron chi connectivity index (χ1n) is 4.44. The normalized spacial score (nSPS) is 10.4. The molecule has 0 atom stereocenters. The van der Waals surface area contributed by atoms with Gasteiger partial charge in [-0.05, 0) is 30.7 Å². The topological polar surface area (TPSA) is 29.1 Å². The predicted octanol–water partition coefficient (Wildman–Crippen LogP) is 2.49. The van der Waals surface area contributed by atoms with Gasteiger partial charge >= 0.3 is 0 Å². The summed E-state index contributed by atoms with van der Waals surface area (Å²) in [7, 11) is 0. The van der Waals surface area contributed by atoms with E-state index >= 15 is 0 Å². The highest BCUT2D eigenvalue weighted by Gasteiger charge is 1.91. The molecule has 1 amide bonds. The van der Waals surface area contributed by atoms with Crippen LogP contribution in [-0.2, 0) is 4.79 Å². The highest BCUT2D eigenvalue weighted by molar-refractivity contribution is 6.30. The maximum absolute atomic E-state index is 11.1. The summed E-state index contributed by atoms with van der Waals surface area (Å²) in [4.78, 5) is 11.1.